The summed E-state index contributed by atoms with van der Waals surface area (Å²) < 4.78 is 5.60. The maximum atomic E-state index is 12.0. The number of furan rings is 1. The van der Waals surface area contributed by atoms with Gasteiger partial charge in [-0.2, -0.15) is 0 Å². The highest BCUT2D eigenvalue weighted by Crippen LogP contribution is 2.30. The Labute approximate surface area is 116 Å². The van der Waals surface area contributed by atoms with Gasteiger partial charge in [-0.25, -0.2) is 0 Å². The fourth-order valence-corrected chi connectivity index (χ4v) is 2.68. The number of nitrogens with one attached hydrogen (secondary N) is 1. The first-order chi connectivity index (χ1) is 9.81. The van der Waals surface area contributed by atoms with Crippen molar-refractivity contribution in [2.45, 2.75) is 25.3 Å². The van der Waals surface area contributed by atoms with Gasteiger partial charge in [0.1, 0.15) is 5.58 Å². The second-order valence-electron chi connectivity index (χ2n) is 5.44. The zero-order chi connectivity index (χ0) is 13.5. The van der Waals surface area contributed by atoms with E-state index in [-0.39, 0.29) is 5.91 Å². The van der Waals surface area contributed by atoms with Crippen molar-refractivity contribution < 1.29 is 9.21 Å². The van der Waals surface area contributed by atoms with E-state index in [1.807, 2.05) is 18.2 Å². The average molecular weight is 265 g/mol. The summed E-state index contributed by atoms with van der Waals surface area (Å²) in [6.07, 6.45) is 4.32. The van der Waals surface area contributed by atoms with Gasteiger partial charge in [0.25, 0.3) is 0 Å². The molecule has 1 aromatic heterocycles. The monoisotopic (exact) mass is 265 g/mol. The minimum atomic E-state index is 0.0862. The van der Waals surface area contributed by atoms with Crippen LogP contribution in [-0.4, -0.2) is 11.9 Å². The Kier molecular flexibility index (Phi) is 2.52. The molecule has 4 rings (SSSR count). The largest absolute Gasteiger partial charge is 0.464 e. The van der Waals surface area contributed by atoms with Crippen LogP contribution in [0.3, 0.4) is 0 Å². The maximum Gasteiger partial charge on any atom is 0.224 e. The van der Waals surface area contributed by atoms with Crippen molar-refractivity contribution in [3.05, 3.63) is 48.2 Å². The Morgan fingerprint density at radius 2 is 2.05 bits per heavy atom. The lowest BCUT2D eigenvalue weighted by Gasteiger charge is -2.03. The number of amides is 1. The van der Waals surface area contributed by atoms with Gasteiger partial charge in [0, 0.05) is 17.0 Å². The minimum absolute atomic E-state index is 0.0862. The molecule has 1 saturated carbocycles. The van der Waals surface area contributed by atoms with Crippen molar-refractivity contribution in [3.8, 4) is 0 Å². The van der Waals surface area contributed by atoms with E-state index in [0.29, 0.717) is 12.5 Å². The van der Waals surface area contributed by atoms with Crippen LogP contribution in [0.1, 0.15) is 18.4 Å². The van der Waals surface area contributed by atoms with Gasteiger partial charge in [0.2, 0.25) is 5.91 Å². The summed E-state index contributed by atoms with van der Waals surface area (Å²) in [4.78, 5) is 12.0. The fourth-order valence-electron chi connectivity index (χ4n) is 2.68. The van der Waals surface area contributed by atoms with Crippen LogP contribution in [0.5, 0.6) is 0 Å². The molecule has 3 nitrogen and oxygen atoms in total. The third-order valence-electron chi connectivity index (χ3n) is 3.83. The fraction of sp³-hybridized carbons (Fsp3) is 0.235. The summed E-state index contributed by atoms with van der Waals surface area (Å²) >= 11 is 0. The predicted molar refractivity (Wildman–Crippen MR) is 78.6 cm³/mol. The van der Waals surface area contributed by atoms with Crippen LogP contribution in [0.25, 0.3) is 21.7 Å². The van der Waals surface area contributed by atoms with E-state index in [1.54, 1.807) is 6.26 Å². The second kappa shape index (κ2) is 4.37. The normalized spacial score (nSPS) is 14.8. The molecular formula is C17H15NO2. The highest BCUT2D eigenvalue weighted by Gasteiger charge is 2.23. The summed E-state index contributed by atoms with van der Waals surface area (Å²) in [6.45, 7) is 0. The molecule has 3 aromatic rings. The number of carbonyl (C=O) groups excluding carboxylic acids is 1. The molecule has 1 fully saturated rings. The predicted octanol–water partition coefficient (Wildman–Crippen LogP) is 3.41. The molecule has 100 valence electrons. The van der Waals surface area contributed by atoms with Crippen LogP contribution in [-0.2, 0) is 11.2 Å². The molecule has 0 radical (unpaired) electrons. The molecule has 0 aliphatic heterocycles. The van der Waals surface area contributed by atoms with Gasteiger partial charge in [-0.3, -0.25) is 4.79 Å². The van der Waals surface area contributed by atoms with Crippen LogP contribution in [0.2, 0.25) is 0 Å². The van der Waals surface area contributed by atoms with Gasteiger partial charge >= 0.3 is 0 Å². The van der Waals surface area contributed by atoms with Crippen LogP contribution in [0, 0.1) is 0 Å². The molecular weight excluding hydrogens is 250 g/mol. The lowest BCUT2D eigenvalue weighted by atomic mass is 10.0. The van der Waals surface area contributed by atoms with Gasteiger partial charge in [0.15, 0.2) is 0 Å². The van der Waals surface area contributed by atoms with Crippen molar-refractivity contribution in [2.75, 3.05) is 0 Å². The third-order valence-corrected chi connectivity index (χ3v) is 3.83. The van der Waals surface area contributed by atoms with Crippen LogP contribution in [0.4, 0.5) is 0 Å². The smallest absolute Gasteiger partial charge is 0.224 e. The Morgan fingerprint density at radius 3 is 2.90 bits per heavy atom. The van der Waals surface area contributed by atoms with E-state index in [0.717, 1.165) is 34.8 Å². The summed E-state index contributed by atoms with van der Waals surface area (Å²) in [5.74, 6) is 0.0862. The van der Waals surface area contributed by atoms with Gasteiger partial charge in [-0.1, -0.05) is 30.3 Å². The van der Waals surface area contributed by atoms with E-state index in [1.165, 1.54) is 5.39 Å². The highest BCUT2D eigenvalue weighted by atomic mass is 16.3. The van der Waals surface area contributed by atoms with Crippen molar-refractivity contribution in [1.29, 1.82) is 0 Å². The number of fused-ring (bicyclic) bond motifs is 3. The summed E-state index contributed by atoms with van der Waals surface area (Å²) in [6, 6.07) is 12.6. The molecule has 0 unspecified atom stereocenters. The molecule has 2 aromatic carbocycles. The first-order valence-electron chi connectivity index (χ1n) is 6.98. The van der Waals surface area contributed by atoms with Gasteiger partial charge < -0.3 is 9.73 Å². The summed E-state index contributed by atoms with van der Waals surface area (Å²) in [5, 5.41) is 6.41. The van der Waals surface area contributed by atoms with Gasteiger partial charge in [0.05, 0.1) is 12.7 Å². The molecule has 20 heavy (non-hydrogen) atoms. The molecule has 3 heteroatoms. The summed E-state index contributed by atoms with van der Waals surface area (Å²) in [5.41, 5.74) is 1.81. The Balaban J connectivity index is 1.78. The van der Waals surface area contributed by atoms with E-state index >= 15 is 0 Å². The minimum Gasteiger partial charge on any atom is -0.464 e. The molecule has 1 amide bonds. The van der Waals surface area contributed by atoms with E-state index in [4.69, 9.17) is 4.42 Å². The standard InChI is InChI=1S/C17H15NO2/c19-16(18-13-6-7-13)9-12-10-20-15-8-5-11-3-1-2-4-14(11)17(12)15/h1-5,8,10,13H,6-7,9H2,(H,18,19). The molecule has 0 saturated heterocycles. The number of rotatable bonds is 3. The second-order valence-corrected chi connectivity index (χ2v) is 5.44. The lowest BCUT2D eigenvalue weighted by molar-refractivity contribution is -0.120. The molecule has 0 atom stereocenters. The number of carbonyl (C=O) groups is 1. The first-order valence-corrected chi connectivity index (χ1v) is 6.98. The quantitative estimate of drug-likeness (QED) is 0.788. The topological polar surface area (TPSA) is 42.2 Å². The maximum absolute atomic E-state index is 12.0. The molecule has 1 N–H and O–H groups in total. The van der Waals surface area contributed by atoms with Crippen molar-refractivity contribution in [2.24, 2.45) is 0 Å². The number of hydrogen-bond acceptors (Lipinski definition) is 2. The number of benzene rings is 2. The van der Waals surface area contributed by atoms with Gasteiger partial charge in [-0.05, 0) is 29.7 Å². The molecule has 0 bridgehead atoms. The molecule has 0 spiro atoms. The van der Waals surface area contributed by atoms with Crippen LogP contribution >= 0.6 is 0 Å². The van der Waals surface area contributed by atoms with Gasteiger partial charge in [-0.15, -0.1) is 0 Å². The number of hydrogen-bond donors (Lipinski definition) is 1. The lowest BCUT2D eigenvalue weighted by Crippen LogP contribution is -2.26. The molecule has 1 heterocycles. The highest BCUT2D eigenvalue weighted by molar-refractivity contribution is 6.08. The molecule has 1 aliphatic rings. The SMILES string of the molecule is O=C(Cc1coc2ccc3ccccc3c12)NC1CC1. The van der Waals surface area contributed by atoms with Crippen LogP contribution < -0.4 is 5.32 Å². The van der Waals surface area contributed by atoms with E-state index in [2.05, 4.69) is 23.5 Å². The van der Waals surface area contributed by atoms with Crippen LogP contribution in [0.15, 0.2) is 47.1 Å². The first kappa shape index (κ1) is 11.5. The third kappa shape index (κ3) is 1.95. The van der Waals surface area contributed by atoms with Crippen molar-refractivity contribution in [3.63, 3.8) is 0 Å². The Bertz CT molecular complexity index is 799. The Morgan fingerprint density at radius 1 is 1.20 bits per heavy atom. The summed E-state index contributed by atoms with van der Waals surface area (Å²) in [7, 11) is 0. The molecule has 1 aliphatic carbocycles. The van der Waals surface area contributed by atoms with Crippen molar-refractivity contribution in [1.82, 2.24) is 5.32 Å². The van der Waals surface area contributed by atoms with E-state index in [9.17, 15) is 4.79 Å². The zero-order valence-electron chi connectivity index (χ0n) is 11.1. The Hall–Kier alpha value is -2.29. The van der Waals surface area contributed by atoms with Crippen molar-refractivity contribution >= 4 is 27.6 Å². The average Bonchev–Trinajstić information content (AvgIpc) is 3.17. The zero-order valence-corrected chi connectivity index (χ0v) is 11.1. The van der Waals surface area contributed by atoms with E-state index < -0.39 is 0 Å².